The van der Waals surface area contributed by atoms with E-state index in [1.165, 1.54) is 11.6 Å². The van der Waals surface area contributed by atoms with E-state index in [-0.39, 0.29) is 30.4 Å². The molecule has 0 aliphatic rings. The van der Waals surface area contributed by atoms with Crippen LogP contribution >= 0.6 is 0 Å². The summed E-state index contributed by atoms with van der Waals surface area (Å²) in [6, 6.07) is 0. The van der Waals surface area contributed by atoms with Gasteiger partial charge in [0.25, 0.3) is 0 Å². The number of amides is 1. The Balaban J connectivity index is 2.87. The van der Waals surface area contributed by atoms with E-state index in [0.29, 0.717) is 5.69 Å². The van der Waals surface area contributed by atoms with Gasteiger partial charge in [-0.1, -0.05) is 0 Å². The fourth-order valence-electron chi connectivity index (χ4n) is 1.70. The van der Waals surface area contributed by atoms with Crippen LogP contribution in [-0.4, -0.2) is 37.9 Å². The molecule has 0 saturated heterocycles. The Labute approximate surface area is 110 Å². The maximum Gasteiger partial charge on any atom is 0.312 e. The van der Waals surface area contributed by atoms with Crippen LogP contribution in [0.5, 0.6) is 0 Å². The molecule has 0 atom stereocenters. The average Bonchev–Trinajstić information content (AvgIpc) is 2.53. The Morgan fingerprint density at radius 3 is 2.53 bits per heavy atom. The van der Waals surface area contributed by atoms with Gasteiger partial charge < -0.3 is 10.4 Å². The molecule has 19 heavy (non-hydrogen) atoms. The molecule has 1 aromatic rings. The van der Waals surface area contributed by atoms with E-state index < -0.39 is 10.5 Å². The van der Waals surface area contributed by atoms with Crippen LogP contribution in [0.2, 0.25) is 0 Å². The largest absolute Gasteiger partial charge is 0.394 e. The SMILES string of the molecule is Cc1nn(CC(=O)NC(C)(C)CO)c(C)c1[N+](=O)[O-]. The molecular formula is C11H18N4O4. The van der Waals surface area contributed by atoms with Crippen molar-refractivity contribution < 1.29 is 14.8 Å². The third-order valence-corrected chi connectivity index (χ3v) is 2.69. The lowest BCUT2D eigenvalue weighted by Gasteiger charge is -2.23. The van der Waals surface area contributed by atoms with Crippen LogP contribution in [0, 0.1) is 24.0 Å². The maximum atomic E-state index is 11.8. The van der Waals surface area contributed by atoms with Gasteiger partial charge in [-0.2, -0.15) is 5.10 Å². The van der Waals surface area contributed by atoms with Crippen molar-refractivity contribution in [3.63, 3.8) is 0 Å². The van der Waals surface area contributed by atoms with Gasteiger partial charge in [0, 0.05) is 0 Å². The van der Waals surface area contributed by atoms with Gasteiger partial charge in [-0.25, -0.2) is 0 Å². The number of nitrogens with zero attached hydrogens (tertiary/aromatic N) is 3. The number of rotatable bonds is 5. The Bertz CT molecular complexity index is 507. The second-order valence-corrected chi connectivity index (χ2v) is 5.02. The zero-order chi connectivity index (χ0) is 14.8. The van der Waals surface area contributed by atoms with Crippen LogP contribution < -0.4 is 5.32 Å². The molecule has 0 radical (unpaired) electrons. The van der Waals surface area contributed by atoms with E-state index in [9.17, 15) is 14.9 Å². The lowest BCUT2D eigenvalue weighted by atomic mass is 10.1. The summed E-state index contributed by atoms with van der Waals surface area (Å²) >= 11 is 0. The number of carbonyl (C=O) groups is 1. The van der Waals surface area contributed by atoms with Crippen molar-refractivity contribution in [3.05, 3.63) is 21.5 Å². The van der Waals surface area contributed by atoms with Crippen molar-refractivity contribution in [3.8, 4) is 0 Å². The maximum absolute atomic E-state index is 11.8. The van der Waals surface area contributed by atoms with Gasteiger partial charge in [0.1, 0.15) is 17.9 Å². The monoisotopic (exact) mass is 270 g/mol. The fraction of sp³-hybridized carbons (Fsp3) is 0.636. The Morgan fingerprint density at radius 1 is 1.53 bits per heavy atom. The topological polar surface area (TPSA) is 110 Å². The summed E-state index contributed by atoms with van der Waals surface area (Å²) in [5.41, 5.74) is -0.204. The lowest BCUT2D eigenvalue weighted by molar-refractivity contribution is -0.386. The molecule has 106 valence electrons. The van der Waals surface area contributed by atoms with Gasteiger partial charge in [-0.15, -0.1) is 0 Å². The molecule has 0 aromatic carbocycles. The summed E-state index contributed by atoms with van der Waals surface area (Å²) < 4.78 is 1.29. The molecule has 0 aliphatic heterocycles. The van der Waals surface area contributed by atoms with E-state index in [0.717, 1.165) is 0 Å². The van der Waals surface area contributed by atoms with E-state index in [4.69, 9.17) is 5.11 Å². The minimum absolute atomic E-state index is 0.0748. The summed E-state index contributed by atoms with van der Waals surface area (Å²) in [6.45, 7) is 6.10. The van der Waals surface area contributed by atoms with Crippen molar-refractivity contribution in [2.24, 2.45) is 0 Å². The number of aliphatic hydroxyl groups is 1. The molecule has 0 spiro atoms. The summed E-state index contributed by atoms with van der Waals surface area (Å²) in [4.78, 5) is 22.1. The first-order chi connectivity index (χ1) is 8.68. The highest BCUT2D eigenvalue weighted by molar-refractivity contribution is 5.76. The van der Waals surface area contributed by atoms with Crippen LogP contribution in [0.1, 0.15) is 25.2 Å². The predicted molar refractivity (Wildman–Crippen MR) is 67.7 cm³/mol. The highest BCUT2D eigenvalue weighted by Crippen LogP contribution is 2.21. The number of nitrogens with one attached hydrogen (secondary N) is 1. The molecule has 0 bridgehead atoms. The molecule has 1 amide bonds. The second kappa shape index (κ2) is 5.35. The third kappa shape index (κ3) is 3.50. The molecule has 1 heterocycles. The average molecular weight is 270 g/mol. The third-order valence-electron chi connectivity index (χ3n) is 2.69. The normalized spacial score (nSPS) is 11.4. The number of nitro groups is 1. The van der Waals surface area contributed by atoms with E-state index in [2.05, 4.69) is 10.4 Å². The van der Waals surface area contributed by atoms with Crippen LogP contribution in [0.25, 0.3) is 0 Å². The van der Waals surface area contributed by atoms with E-state index in [1.54, 1.807) is 20.8 Å². The fourth-order valence-corrected chi connectivity index (χ4v) is 1.70. The summed E-state index contributed by atoms with van der Waals surface area (Å²) in [5.74, 6) is -0.362. The standard InChI is InChI=1S/C11H18N4O4/c1-7-10(15(18)19)8(2)14(13-7)5-9(17)12-11(3,4)6-16/h16H,5-6H2,1-4H3,(H,12,17). The number of hydrogen-bond acceptors (Lipinski definition) is 5. The molecule has 2 N–H and O–H groups in total. The van der Waals surface area contributed by atoms with Crippen LogP contribution in [0.4, 0.5) is 5.69 Å². The number of aryl methyl sites for hydroxylation is 1. The van der Waals surface area contributed by atoms with Gasteiger partial charge >= 0.3 is 5.69 Å². The smallest absolute Gasteiger partial charge is 0.312 e. The number of carbonyl (C=O) groups excluding carboxylic acids is 1. The number of aromatic nitrogens is 2. The first kappa shape index (κ1) is 15.1. The lowest BCUT2D eigenvalue weighted by Crippen LogP contribution is -2.47. The van der Waals surface area contributed by atoms with Gasteiger partial charge in [-0.05, 0) is 27.7 Å². The quantitative estimate of drug-likeness (QED) is 0.590. The van der Waals surface area contributed by atoms with Crippen LogP contribution in [-0.2, 0) is 11.3 Å². The van der Waals surface area contributed by atoms with E-state index >= 15 is 0 Å². The molecular weight excluding hydrogens is 252 g/mol. The Hall–Kier alpha value is -1.96. The summed E-state index contributed by atoms with van der Waals surface area (Å²) in [5, 5.41) is 26.5. The molecule has 0 saturated carbocycles. The molecule has 0 aliphatic carbocycles. The van der Waals surface area contributed by atoms with Crippen molar-refractivity contribution in [2.75, 3.05) is 6.61 Å². The minimum atomic E-state index is -0.737. The number of hydrogen-bond donors (Lipinski definition) is 2. The highest BCUT2D eigenvalue weighted by Gasteiger charge is 2.24. The zero-order valence-electron chi connectivity index (χ0n) is 11.4. The molecule has 1 rings (SSSR count). The molecule has 8 heteroatoms. The molecule has 0 fully saturated rings. The van der Waals surface area contributed by atoms with E-state index in [1.807, 2.05) is 0 Å². The zero-order valence-corrected chi connectivity index (χ0v) is 11.4. The molecule has 1 aromatic heterocycles. The summed E-state index contributed by atoms with van der Waals surface area (Å²) in [6.07, 6.45) is 0. The Kier molecular flexibility index (Phi) is 4.25. The predicted octanol–water partition coefficient (Wildman–Crippen LogP) is 0.295. The van der Waals surface area contributed by atoms with Crippen molar-refractivity contribution in [1.29, 1.82) is 0 Å². The highest BCUT2D eigenvalue weighted by atomic mass is 16.6. The van der Waals surface area contributed by atoms with Crippen LogP contribution in [0.3, 0.4) is 0 Å². The van der Waals surface area contributed by atoms with Gasteiger partial charge in [0.05, 0.1) is 17.1 Å². The first-order valence-electron chi connectivity index (χ1n) is 5.78. The number of aliphatic hydroxyl groups excluding tert-OH is 1. The second-order valence-electron chi connectivity index (χ2n) is 5.02. The van der Waals surface area contributed by atoms with Crippen molar-refractivity contribution >= 4 is 11.6 Å². The minimum Gasteiger partial charge on any atom is -0.394 e. The van der Waals surface area contributed by atoms with Gasteiger partial charge in [0.15, 0.2) is 0 Å². The molecule has 8 nitrogen and oxygen atoms in total. The van der Waals surface area contributed by atoms with Crippen molar-refractivity contribution in [2.45, 2.75) is 39.8 Å². The molecule has 0 unspecified atom stereocenters. The van der Waals surface area contributed by atoms with Crippen LogP contribution in [0.15, 0.2) is 0 Å². The Morgan fingerprint density at radius 2 is 2.11 bits per heavy atom. The summed E-state index contributed by atoms with van der Waals surface area (Å²) in [7, 11) is 0. The van der Waals surface area contributed by atoms with Gasteiger partial charge in [-0.3, -0.25) is 19.6 Å². The van der Waals surface area contributed by atoms with Crippen molar-refractivity contribution in [1.82, 2.24) is 15.1 Å². The first-order valence-corrected chi connectivity index (χ1v) is 5.78. The van der Waals surface area contributed by atoms with Gasteiger partial charge in [0.2, 0.25) is 5.91 Å².